The summed E-state index contributed by atoms with van der Waals surface area (Å²) in [6.07, 6.45) is -5.31. The molecule has 4 nitrogen and oxygen atoms in total. The average molecular weight is 444 g/mol. The van der Waals surface area contributed by atoms with Gasteiger partial charge in [0.05, 0.1) is 21.5 Å². The number of piperidine rings is 1. The highest BCUT2D eigenvalue weighted by molar-refractivity contribution is 7.16. The number of hydrogen-bond acceptors (Lipinski definition) is 4. The van der Waals surface area contributed by atoms with E-state index in [9.17, 15) is 26.7 Å². The zero-order chi connectivity index (χ0) is 21.5. The second kappa shape index (κ2) is 7.57. The molecule has 30 heavy (non-hydrogen) atoms. The van der Waals surface area contributed by atoms with E-state index in [0.717, 1.165) is 45.4 Å². The molecular formula is C20H17F5N2O2S. The highest BCUT2D eigenvalue weighted by atomic mass is 32.1. The second-order valence-electron chi connectivity index (χ2n) is 7.04. The Morgan fingerprint density at radius 2 is 1.70 bits per heavy atom. The number of nitrogens with one attached hydrogen (secondary N) is 1. The third-order valence-electron chi connectivity index (χ3n) is 5.09. The zero-order valence-corrected chi connectivity index (χ0v) is 16.3. The van der Waals surface area contributed by atoms with Crippen LogP contribution in [-0.4, -0.2) is 30.4 Å². The first kappa shape index (κ1) is 20.6. The molecule has 0 aliphatic carbocycles. The fourth-order valence-corrected chi connectivity index (χ4v) is 4.35. The van der Waals surface area contributed by atoms with Crippen LogP contribution in [0, 0.1) is 0 Å². The number of hydrogen-bond donors (Lipinski definition) is 1. The standard InChI is InChI=1S/C20H17F5N2O2S/c21-19(22,20(23,24)25)13-4-1-2-6-15(13)29-12-8-10-27(11-9-12)14-5-3-7-16-17(14)26-18(28)30-16/h1-7,12H,8-11H2,(H,26,28). The molecule has 160 valence electrons. The van der Waals surface area contributed by atoms with Gasteiger partial charge < -0.3 is 14.6 Å². The van der Waals surface area contributed by atoms with Crippen molar-refractivity contribution in [2.75, 3.05) is 18.0 Å². The molecule has 2 aromatic carbocycles. The Balaban J connectivity index is 1.49. The highest BCUT2D eigenvalue weighted by Gasteiger charge is 2.60. The Morgan fingerprint density at radius 1 is 1.00 bits per heavy atom. The first-order chi connectivity index (χ1) is 14.2. The quantitative estimate of drug-likeness (QED) is 0.556. The summed E-state index contributed by atoms with van der Waals surface area (Å²) in [5, 5.41) is 0. The van der Waals surface area contributed by atoms with Gasteiger partial charge in [-0.1, -0.05) is 29.5 Å². The van der Waals surface area contributed by atoms with Crippen molar-refractivity contribution in [3.63, 3.8) is 0 Å². The number of thiazole rings is 1. The minimum atomic E-state index is -5.70. The minimum absolute atomic E-state index is 0.155. The van der Waals surface area contributed by atoms with Crippen LogP contribution in [0.2, 0.25) is 0 Å². The van der Waals surface area contributed by atoms with Gasteiger partial charge in [0.15, 0.2) is 0 Å². The topological polar surface area (TPSA) is 45.3 Å². The molecule has 1 N–H and O–H groups in total. The van der Waals surface area contributed by atoms with Crippen LogP contribution in [0.25, 0.3) is 10.2 Å². The van der Waals surface area contributed by atoms with E-state index in [1.54, 1.807) is 0 Å². The van der Waals surface area contributed by atoms with Crippen molar-refractivity contribution < 1.29 is 26.7 Å². The number of alkyl halides is 5. The zero-order valence-electron chi connectivity index (χ0n) is 15.5. The smallest absolute Gasteiger partial charge is 0.458 e. The highest BCUT2D eigenvalue weighted by Crippen LogP contribution is 2.47. The van der Waals surface area contributed by atoms with E-state index < -0.39 is 29.5 Å². The maximum Gasteiger partial charge on any atom is 0.458 e. The molecule has 0 radical (unpaired) electrons. The summed E-state index contributed by atoms with van der Waals surface area (Å²) in [6.45, 7) is 1.03. The summed E-state index contributed by atoms with van der Waals surface area (Å²) in [6, 6.07) is 9.95. The van der Waals surface area contributed by atoms with Crippen LogP contribution in [0.5, 0.6) is 5.75 Å². The molecular weight excluding hydrogens is 427 g/mol. The molecule has 0 saturated carbocycles. The molecule has 1 aliphatic rings. The molecule has 1 saturated heterocycles. The number of halogens is 5. The van der Waals surface area contributed by atoms with Gasteiger partial charge >= 0.3 is 17.0 Å². The molecule has 4 rings (SSSR count). The molecule has 0 bridgehead atoms. The predicted octanol–water partition coefficient (Wildman–Crippen LogP) is 5.29. The molecule has 0 amide bonds. The summed E-state index contributed by atoms with van der Waals surface area (Å²) in [4.78, 5) is 16.3. The summed E-state index contributed by atoms with van der Waals surface area (Å²) in [5.74, 6) is -5.45. The number of aromatic amines is 1. The van der Waals surface area contributed by atoms with Crippen molar-refractivity contribution in [3.8, 4) is 5.75 Å². The Morgan fingerprint density at radius 3 is 2.40 bits per heavy atom. The number of H-pyrrole nitrogens is 1. The van der Waals surface area contributed by atoms with E-state index in [0.29, 0.717) is 25.9 Å². The predicted molar refractivity (Wildman–Crippen MR) is 105 cm³/mol. The number of aromatic nitrogens is 1. The summed E-state index contributed by atoms with van der Waals surface area (Å²) in [5.41, 5.74) is 0.413. The van der Waals surface area contributed by atoms with Crippen molar-refractivity contribution in [1.82, 2.24) is 4.98 Å². The van der Waals surface area contributed by atoms with Crippen LogP contribution in [0.15, 0.2) is 47.3 Å². The lowest BCUT2D eigenvalue weighted by Gasteiger charge is -2.34. The first-order valence-corrected chi connectivity index (χ1v) is 10.1. The number of fused-ring (bicyclic) bond motifs is 1. The van der Waals surface area contributed by atoms with Crippen LogP contribution in [0.4, 0.5) is 27.6 Å². The maximum atomic E-state index is 13.9. The largest absolute Gasteiger partial charge is 0.490 e. The van der Waals surface area contributed by atoms with E-state index in [1.165, 1.54) is 6.07 Å². The van der Waals surface area contributed by atoms with Gasteiger partial charge in [-0.25, -0.2) is 0 Å². The van der Waals surface area contributed by atoms with E-state index in [4.69, 9.17) is 4.74 Å². The fraction of sp³-hybridized carbons (Fsp3) is 0.350. The van der Waals surface area contributed by atoms with E-state index in [2.05, 4.69) is 4.98 Å². The summed E-state index contributed by atoms with van der Waals surface area (Å²) >= 11 is 1.11. The van der Waals surface area contributed by atoms with Crippen molar-refractivity contribution in [2.45, 2.75) is 31.0 Å². The summed E-state index contributed by atoms with van der Waals surface area (Å²) < 4.78 is 72.6. The van der Waals surface area contributed by atoms with Crippen LogP contribution in [0.1, 0.15) is 18.4 Å². The number of benzene rings is 2. The van der Waals surface area contributed by atoms with E-state index in [-0.39, 0.29) is 4.87 Å². The summed E-state index contributed by atoms with van der Waals surface area (Å²) in [7, 11) is 0. The third kappa shape index (κ3) is 3.76. The minimum Gasteiger partial charge on any atom is -0.490 e. The molecule has 1 aromatic heterocycles. The molecule has 1 fully saturated rings. The molecule has 0 atom stereocenters. The molecule has 0 unspecified atom stereocenters. The lowest BCUT2D eigenvalue weighted by atomic mass is 10.0. The second-order valence-corrected chi connectivity index (χ2v) is 8.05. The van der Waals surface area contributed by atoms with Gasteiger partial charge in [0.2, 0.25) is 0 Å². The molecule has 1 aliphatic heterocycles. The molecule has 2 heterocycles. The normalized spacial score (nSPS) is 16.2. The van der Waals surface area contributed by atoms with E-state index >= 15 is 0 Å². The van der Waals surface area contributed by atoms with Crippen molar-refractivity contribution in [2.24, 2.45) is 0 Å². The monoisotopic (exact) mass is 444 g/mol. The first-order valence-electron chi connectivity index (χ1n) is 9.24. The van der Waals surface area contributed by atoms with Gasteiger partial charge in [0.1, 0.15) is 11.9 Å². The fourth-order valence-electron chi connectivity index (χ4n) is 3.60. The Hall–Kier alpha value is -2.62. The Kier molecular flexibility index (Phi) is 5.21. The number of ether oxygens (including phenoxy) is 1. The Bertz CT molecular complexity index is 1100. The Labute approximate surface area is 171 Å². The number of anilines is 1. The van der Waals surface area contributed by atoms with Crippen molar-refractivity contribution in [3.05, 3.63) is 57.7 Å². The molecule has 0 spiro atoms. The SMILES string of the molecule is O=c1[nH]c2c(N3CCC(Oc4ccccc4C(F)(F)C(F)(F)F)CC3)cccc2s1. The average Bonchev–Trinajstić information content (AvgIpc) is 3.08. The van der Waals surface area contributed by atoms with Gasteiger partial charge in [-0.15, -0.1) is 0 Å². The van der Waals surface area contributed by atoms with Crippen LogP contribution in [-0.2, 0) is 5.92 Å². The van der Waals surface area contributed by atoms with Gasteiger partial charge in [-0.3, -0.25) is 4.79 Å². The van der Waals surface area contributed by atoms with Crippen LogP contribution >= 0.6 is 11.3 Å². The van der Waals surface area contributed by atoms with Gasteiger partial charge in [0, 0.05) is 25.9 Å². The van der Waals surface area contributed by atoms with Crippen molar-refractivity contribution >= 4 is 27.2 Å². The van der Waals surface area contributed by atoms with Gasteiger partial charge in [-0.05, 0) is 24.3 Å². The third-order valence-corrected chi connectivity index (χ3v) is 5.94. The number of rotatable bonds is 4. The van der Waals surface area contributed by atoms with Crippen molar-refractivity contribution in [1.29, 1.82) is 0 Å². The van der Waals surface area contributed by atoms with E-state index in [1.807, 2.05) is 23.1 Å². The molecule has 10 heteroatoms. The van der Waals surface area contributed by atoms with Crippen LogP contribution in [0.3, 0.4) is 0 Å². The number of para-hydroxylation sites is 2. The van der Waals surface area contributed by atoms with Gasteiger partial charge in [0.25, 0.3) is 0 Å². The van der Waals surface area contributed by atoms with Gasteiger partial charge in [-0.2, -0.15) is 22.0 Å². The molecule has 3 aromatic rings. The number of nitrogens with zero attached hydrogens (tertiary/aromatic N) is 1. The van der Waals surface area contributed by atoms with Crippen LogP contribution < -0.4 is 14.5 Å². The lowest BCUT2D eigenvalue weighted by Crippen LogP contribution is -2.39. The maximum absolute atomic E-state index is 13.9. The lowest BCUT2D eigenvalue weighted by molar-refractivity contribution is -0.289.